The van der Waals surface area contributed by atoms with E-state index in [4.69, 9.17) is 37.0 Å². The van der Waals surface area contributed by atoms with E-state index >= 15 is 0 Å². The highest BCUT2D eigenvalue weighted by atomic mass is 31.2. The van der Waals surface area contributed by atoms with Gasteiger partial charge in [-0.1, -0.05) is 298 Å². The van der Waals surface area contributed by atoms with Gasteiger partial charge in [0.15, 0.2) is 12.2 Å². The van der Waals surface area contributed by atoms with Crippen LogP contribution >= 0.6 is 15.6 Å². The third-order valence-electron chi connectivity index (χ3n) is 16.3. The quantitative estimate of drug-likeness (QED) is 0.0222. The van der Waals surface area contributed by atoms with Gasteiger partial charge < -0.3 is 33.8 Å². The van der Waals surface area contributed by atoms with Gasteiger partial charge in [-0.15, -0.1) is 0 Å². The fourth-order valence-corrected chi connectivity index (χ4v) is 12.0. The fourth-order valence-electron chi connectivity index (χ4n) is 10.4. The van der Waals surface area contributed by atoms with Crippen LogP contribution < -0.4 is 0 Å². The summed E-state index contributed by atoms with van der Waals surface area (Å²) in [6.07, 6.45) is 45.7. The molecule has 6 atom stereocenters. The molecule has 0 amide bonds. The molecule has 0 spiro atoms. The summed E-state index contributed by atoms with van der Waals surface area (Å²) in [5, 5.41) is 10.6. The minimum Gasteiger partial charge on any atom is -0.462 e. The number of ether oxygens (including phenoxy) is 4. The van der Waals surface area contributed by atoms with Crippen molar-refractivity contribution in [1.82, 2.24) is 0 Å². The molecule has 0 saturated heterocycles. The number of unbranched alkanes of at least 4 members (excludes halogenated alkanes) is 37. The number of rotatable bonds is 68. The van der Waals surface area contributed by atoms with Gasteiger partial charge in [-0.3, -0.25) is 37.3 Å². The Morgan fingerprint density at radius 3 is 0.864 bits per heavy atom. The Morgan fingerprint density at radius 1 is 0.330 bits per heavy atom. The average molecular weight is 1300 g/mol. The summed E-state index contributed by atoms with van der Waals surface area (Å²) in [5.74, 6) is -0.616. The molecule has 0 radical (unpaired) electrons. The molecule has 0 aliphatic rings. The molecule has 17 nitrogen and oxygen atoms in total. The van der Waals surface area contributed by atoms with Gasteiger partial charge in [0.05, 0.1) is 26.4 Å². The molecule has 0 aromatic carbocycles. The van der Waals surface area contributed by atoms with Crippen LogP contribution in [-0.4, -0.2) is 96.7 Å². The standard InChI is InChI=1S/C69H134O17P2/c1-7-10-12-14-16-18-20-22-27-33-39-45-51-66(71)79-57-64(85-69(74)54-48-42-35-29-25-24-26-32-38-44-50-62(6)9-3)59-83-87(75,76)81-55-63(70)56-82-88(77,78)84-60-65(58-80-67(72)52-46-40-36-30-31-37-43-49-61(4)5)86-68(73)53-47-41-34-28-23-21-19-17-15-13-11-8-2/h61-65,70H,7-60H2,1-6H3,(H,75,76)(H,77,78)/t62?,63-,64-,65-/m1/s1. The summed E-state index contributed by atoms with van der Waals surface area (Å²) in [4.78, 5) is 72.5. The smallest absolute Gasteiger partial charge is 0.462 e. The highest BCUT2D eigenvalue weighted by Gasteiger charge is 2.30. The first-order valence-electron chi connectivity index (χ1n) is 36.0. The van der Waals surface area contributed by atoms with E-state index in [2.05, 4.69) is 41.5 Å². The number of hydrogen-bond donors (Lipinski definition) is 3. The maximum atomic E-state index is 13.0. The van der Waals surface area contributed by atoms with E-state index in [1.165, 1.54) is 161 Å². The third kappa shape index (κ3) is 61.6. The molecule has 0 fully saturated rings. The van der Waals surface area contributed by atoms with Crippen molar-refractivity contribution < 1.29 is 80.2 Å². The van der Waals surface area contributed by atoms with Crippen molar-refractivity contribution in [1.29, 1.82) is 0 Å². The normalized spacial score (nSPS) is 14.5. The summed E-state index contributed by atoms with van der Waals surface area (Å²) >= 11 is 0. The molecule has 0 aromatic heterocycles. The Morgan fingerprint density at radius 2 is 0.580 bits per heavy atom. The van der Waals surface area contributed by atoms with Crippen LogP contribution in [0.4, 0.5) is 0 Å². The molecule has 0 heterocycles. The number of aliphatic hydroxyl groups is 1. The molecular formula is C69H134O17P2. The lowest BCUT2D eigenvalue weighted by Gasteiger charge is -2.21. The summed E-state index contributed by atoms with van der Waals surface area (Å²) in [6.45, 7) is 9.51. The monoisotopic (exact) mass is 1300 g/mol. The van der Waals surface area contributed by atoms with Gasteiger partial charge in [-0.05, 0) is 37.5 Å². The number of esters is 4. The maximum Gasteiger partial charge on any atom is 0.472 e. The van der Waals surface area contributed by atoms with Gasteiger partial charge in [0.1, 0.15) is 19.3 Å². The first-order chi connectivity index (χ1) is 42.4. The highest BCUT2D eigenvalue weighted by Crippen LogP contribution is 2.45. The number of hydrogen-bond acceptors (Lipinski definition) is 15. The minimum atomic E-state index is -4.95. The topological polar surface area (TPSA) is 237 Å². The van der Waals surface area contributed by atoms with Gasteiger partial charge in [0, 0.05) is 25.7 Å². The molecule has 19 heteroatoms. The maximum absolute atomic E-state index is 13.0. The molecule has 3 unspecified atom stereocenters. The van der Waals surface area contributed by atoms with Crippen LogP contribution in [0.25, 0.3) is 0 Å². The molecule has 88 heavy (non-hydrogen) atoms. The van der Waals surface area contributed by atoms with Crippen molar-refractivity contribution in [2.24, 2.45) is 11.8 Å². The summed E-state index contributed by atoms with van der Waals surface area (Å²) < 4.78 is 68.2. The Balaban J connectivity index is 5.26. The largest absolute Gasteiger partial charge is 0.472 e. The number of phosphoric ester groups is 2. The first-order valence-corrected chi connectivity index (χ1v) is 39.0. The van der Waals surface area contributed by atoms with E-state index in [0.717, 1.165) is 102 Å². The van der Waals surface area contributed by atoms with Gasteiger partial charge in [-0.25, -0.2) is 9.13 Å². The second-order valence-electron chi connectivity index (χ2n) is 25.6. The Bertz CT molecular complexity index is 1720. The van der Waals surface area contributed by atoms with E-state index in [1.807, 2.05) is 0 Å². The highest BCUT2D eigenvalue weighted by molar-refractivity contribution is 7.47. The van der Waals surface area contributed by atoms with Crippen LogP contribution in [0, 0.1) is 11.8 Å². The number of aliphatic hydroxyl groups excluding tert-OH is 1. The van der Waals surface area contributed by atoms with Gasteiger partial charge in [0.2, 0.25) is 0 Å². The van der Waals surface area contributed by atoms with Gasteiger partial charge in [0.25, 0.3) is 0 Å². The number of carbonyl (C=O) groups is 4. The predicted molar refractivity (Wildman–Crippen MR) is 354 cm³/mol. The van der Waals surface area contributed by atoms with E-state index in [9.17, 15) is 43.2 Å². The first kappa shape index (κ1) is 86.1. The van der Waals surface area contributed by atoms with Crippen LogP contribution in [0.15, 0.2) is 0 Å². The lowest BCUT2D eigenvalue weighted by atomic mass is 9.99. The lowest BCUT2D eigenvalue weighted by Crippen LogP contribution is -2.30. The van der Waals surface area contributed by atoms with Crippen molar-refractivity contribution in [3.63, 3.8) is 0 Å². The molecule has 0 aliphatic heterocycles. The molecule has 0 saturated carbocycles. The predicted octanol–water partition coefficient (Wildman–Crippen LogP) is 19.6. The molecule has 522 valence electrons. The molecule has 0 rings (SSSR count). The second kappa shape index (κ2) is 61.3. The van der Waals surface area contributed by atoms with Gasteiger partial charge in [-0.2, -0.15) is 0 Å². The van der Waals surface area contributed by atoms with Crippen LogP contribution in [0.2, 0.25) is 0 Å². The van der Waals surface area contributed by atoms with Crippen LogP contribution in [-0.2, 0) is 65.4 Å². The van der Waals surface area contributed by atoms with Crippen molar-refractivity contribution in [2.75, 3.05) is 39.6 Å². The average Bonchev–Trinajstić information content (AvgIpc) is 3.53. The summed E-state index contributed by atoms with van der Waals surface area (Å²) in [5.41, 5.74) is 0. The van der Waals surface area contributed by atoms with Crippen molar-refractivity contribution in [3.05, 3.63) is 0 Å². The summed E-state index contributed by atoms with van der Waals surface area (Å²) in [6, 6.07) is 0. The van der Waals surface area contributed by atoms with E-state index in [1.54, 1.807) is 0 Å². The van der Waals surface area contributed by atoms with Gasteiger partial charge >= 0.3 is 39.5 Å². The summed E-state index contributed by atoms with van der Waals surface area (Å²) in [7, 11) is -9.90. The molecule has 0 bridgehead atoms. The zero-order valence-electron chi connectivity index (χ0n) is 57.0. The third-order valence-corrected chi connectivity index (χ3v) is 18.2. The van der Waals surface area contributed by atoms with E-state index in [0.29, 0.717) is 31.6 Å². The Hall–Kier alpha value is -1.94. The van der Waals surface area contributed by atoms with Crippen LogP contribution in [0.5, 0.6) is 0 Å². The van der Waals surface area contributed by atoms with Crippen molar-refractivity contribution in [3.8, 4) is 0 Å². The molecule has 0 aliphatic carbocycles. The van der Waals surface area contributed by atoms with Crippen LogP contribution in [0.3, 0.4) is 0 Å². The zero-order valence-corrected chi connectivity index (χ0v) is 58.8. The molecule has 3 N–H and O–H groups in total. The zero-order chi connectivity index (χ0) is 65.0. The minimum absolute atomic E-state index is 0.106. The SMILES string of the molecule is CCCCCCCCCCCCCCC(=O)OC[C@H](COP(=O)(O)OC[C@@H](O)COP(=O)(O)OC[C@@H](COC(=O)CCCCCCCCCC(C)C)OC(=O)CCCCCCCCCCCCCC)OC(=O)CCCCCCCCCCCCC(C)CC. The van der Waals surface area contributed by atoms with Crippen molar-refractivity contribution >= 4 is 39.5 Å². The number of phosphoric acid groups is 2. The van der Waals surface area contributed by atoms with E-state index in [-0.39, 0.29) is 25.7 Å². The van der Waals surface area contributed by atoms with Crippen LogP contribution in [0.1, 0.15) is 350 Å². The second-order valence-corrected chi connectivity index (χ2v) is 28.5. The lowest BCUT2D eigenvalue weighted by molar-refractivity contribution is -0.161. The Labute approximate surface area is 537 Å². The van der Waals surface area contributed by atoms with Crippen molar-refractivity contribution in [2.45, 2.75) is 368 Å². The van der Waals surface area contributed by atoms with E-state index < -0.39 is 97.5 Å². The number of carbonyl (C=O) groups excluding carboxylic acids is 4. The fraction of sp³-hybridized carbons (Fsp3) is 0.942. The molecular weight excluding hydrogens is 1160 g/mol. The molecule has 0 aromatic rings. The Kier molecular flexibility index (Phi) is 59.9.